The Kier molecular flexibility index (Phi) is 8.36. The first kappa shape index (κ1) is 19.7. The number of hydrogen-bond acceptors (Lipinski definition) is 2. The highest BCUT2D eigenvalue weighted by Gasteiger charge is 2.06. The van der Waals surface area contributed by atoms with Crippen LogP contribution in [0.4, 0.5) is 0 Å². The summed E-state index contributed by atoms with van der Waals surface area (Å²) in [7, 11) is 2.04. The monoisotopic (exact) mass is 429 g/mol. The second kappa shape index (κ2) is 9.75. The summed E-state index contributed by atoms with van der Waals surface area (Å²) in [6.45, 7) is 8.90. The molecule has 0 bridgehead atoms. The van der Waals surface area contributed by atoms with Gasteiger partial charge in [0.1, 0.15) is 12.4 Å². The molecule has 0 saturated carbocycles. The number of nitrogens with one attached hydrogen (secondary N) is 2. The largest absolute Gasteiger partial charge is 0.357 e. The van der Waals surface area contributed by atoms with Crippen molar-refractivity contribution in [3.63, 3.8) is 0 Å². The summed E-state index contributed by atoms with van der Waals surface area (Å²) in [6.07, 6.45) is 1.14. The zero-order valence-electron chi connectivity index (χ0n) is 14.5. The van der Waals surface area contributed by atoms with Gasteiger partial charge in [-0.05, 0) is 31.4 Å². The third-order valence-electron chi connectivity index (χ3n) is 3.62. The maximum absolute atomic E-state index is 4.65. The number of imidazole rings is 1. The number of hydrogen-bond donors (Lipinski definition) is 2. The fraction of sp³-hybridized carbons (Fsp3) is 0.529. The van der Waals surface area contributed by atoms with Crippen LogP contribution in [0.15, 0.2) is 29.3 Å². The predicted octanol–water partition coefficient (Wildman–Crippen LogP) is 3.29. The van der Waals surface area contributed by atoms with Gasteiger partial charge in [0.2, 0.25) is 0 Å². The molecule has 1 heterocycles. The molecule has 0 saturated heterocycles. The fourth-order valence-electron chi connectivity index (χ4n) is 2.31. The van der Waals surface area contributed by atoms with Gasteiger partial charge >= 0.3 is 0 Å². The van der Waals surface area contributed by atoms with Crippen LogP contribution < -0.4 is 10.6 Å². The van der Waals surface area contributed by atoms with Gasteiger partial charge in [0, 0.05) is 20.1 Å². The maximum Gasteiger partial charge on any atom is 0.191 e. The molecule has 0 aliphatic rings. The number of nitrogens with zero attached hydrogens (tertiary/aromatic N) is 3. The van der Waals surface area contributed by atoms with Crippen LogP contribution in [0.2, 0.25) is 0 Å². The standard InChI is InChI=1S/C17H27N5.HI/c1-5-18-17(19-11-10-13(2)3)20-12-16-21-14-8-6-7-9-15(14)22(16)4;/h6-9,13H,5,10-12H2,1-4H3,(H2,18,19,20);1H. The van der Waals surface area contributed by atoms with Crippen LogP contribution in [0.25, 0.3) is 11.0 Å². The molecule has 0 atom stereocenters. The van der Waals surface area contributed by atoms with Crippen LogP contribution in [0, 0.1) is 5.92 Å². The minimum absolute atomic E-state index is 0. The molecule has 5 nitrogen and oxygen atoms in total. The normalized spacial score (nSPS) is 11.6. The number of guanidine groups is 1. The second-order valence-corrected chi connectivity index (χ2v) is 5.88. The van der Waals surface area contributed by atoms with Crippen LogP contribution in [0.1, 0.15) is 33.0 Å². The van der Waals surface area contributed by atoms with E-state index in [1.165, 1.54) is 0 Å². The van der Waals surface area contributed by atoms with Crippen molar-refractivity contribution in [3.05, 3.63) is 30.1 Å². The van der Waals surface area contributed by atoms with Crippen molar-refractivity contribution in [2.45, 2.75) is 33.7 Å². The molecule has 0 unspecified atom stereocenters. The second-order valence-electron chi connectivity index (χ2n) is 5.88. The highest BCUT2D eigenvalue weighted by atomic mass is 127. The summed E-state index contributed by atoms with van der Waals surface area (Å²) in [5.41, 5.74) is 2.17. The molecule has 0 radical (unpaired) electrons. The van der Waals surface area contributed by atoms with Gasteiger partial charge in [-0.15, -0.1) is 24.0 Å². The van der Waals surface area contributed by atoms with E-state index in [0.717, 1.165) is 42.3 Å². The van der Waals surface area contributed by atoms with Gasteiger partial charge in [0.25, 0.3) is 0 Å². The first-order valence-electron chi connectivity index (χ1n) is 8.04. The summed E-state index contributed by atoms with van der Waals surface area (Å²) < 4.78 is 2.11. The SMILES string of the molecule is CCNC(=NCc1nc2ccccc2n1C)NCCC(C)C.I. The van der Waals surface area contributed by atoms with Crippen LogP contribution in [-0.2, 0) is 13.6 Å². The number of fused-ring (bicyclic) bond motifs is 1. The lowest BCUT2D eigenvalue weighted by atomic mass is 10.1. The van der Waals surface area contributed by atoms with Crippen molar-refractivity contribution in [3.8, 4) is 0 Å². The Morgan fingerprint density at radius 3 is 2.65 bits per heavy atom. The van der Waals surface area contributed by atoms with E-state index >= 15 is 0 Å². The van der Waals surface area contributed by atoms with Crippen LogP contribution in [-0.4, -0.2) is 28.6 Å². The molecule has 2 rings (SSSR count). The molecule has 1 aromatic heterocycles. The molecule has 2 N–H and O–H groups in total. The minimum atomic E-state index is 0. The van der Waals surface area contributed by atoms with Crippen molar-refractivity contribution in [1.29, 1.82) is 0 Å². The van der Waals surface area contributed by atoms with E-state index in [4.69, 9.17) is 0 Å². The number of rotatable bonds is 6. The molecule has 0 aliphatic carbocycles. The highest BCUT2D eigenvalue weighted by Crippen LogP contribution is 2.14. The Balaban J connectivity index is 0.00000264. The molecule has 0 amide bonds. The number of aliphatic imine (C=N–C) groups is 1. The molecule has 0 fully saturated rings. The molecular formula is C17H28IN5. The number of para-hydroxylation sites is 2. The Morgan fingerprint density at radius 2 is 2.00 bits per heavy atom. The van der Waals surface area contributed by atoms with Crippen molar-refractivity contribution in [1.82, 2.24) is 20.2 Å². The number of halogens is 1. The molecule has 1 aromatic carbocycles. The van der Waals surface area contributed by atoms with Gasteiger partial charge in [-0.3, -0.25) is 0 Å². The van der Waals surface area contributed by atoms with E-state index in [1.807, 2.05) is 25.2 Å². The van der Waals surface area contributed by atoms with Crippen molar-refractivity contribution in [2.75, 3.05) is 13.1 Å². The third kappa shape index (κ3) is 5.67. The number of aromatic nitrogens is 2. The van der Waals surface area contributed by atoms with E-state index in [9.17, 15) is 0 Å². The predicted molar refractivity (Wildman–Crippen MR) is 108 cm³/mol. The smallest absolute Gasteiger partial charge is 0.191 e. The van der Waals surface area contributed by atoms with Crippen LogP contribution in [0.5, 0.6) is 0 Å². The lowest BCUT2D eigenvalue weighted by molar-refractivity contribution is 0.573. The quantitative estimate of drug-likeness (QED) is 0.421. The maximum atomic E-state index is 4.65. The Hall–Kier alpha value is -1.31. The summed E-state index contributed by atoms with van der Waals surface area (Å²) >= 11 is 0. The van der Waals surface area contributed by atoms with E-state index in [1.54, 1.807) is 0 Å². The van der Waals surface area contributed by atoms with Gasteiger partial charge in [-0.25, -0.2) is 9.98 Å². The van der Waals surface area contributed by atoms with E-state index < -0.39 is 0 Å². The van der Waals surface area contributed by atoms with Gasteiger partial charge in [0.15, 0.2) is 5.96 Å². The van der Waals surface area contributed by atoms with Crippen LogP contribution in [0.3, 0.4) is 0 Å². The first-order chi connectivity index (χ1) is 10.6. The summed E-state index contributed by atoms with van der Waals surface area (Å²) in [5, 5.41) is 6.66. The van der Waals surface area contributed by atoms with Gasteiger partial charge < -0.3 is 15.2 Å². The lowest BCUT2D eigenvalue weighted by Crippen LogP contribution is -2.38. The van der Waals surface area contributed by atoms with Gasteiger partial charge in [-0.1, -0.05) is 26.0 Å². The van der Waals surface area contributed by atoms with Crippen molar-refractivity contribution < 1.29 is 0 Å². The van der Waals surface area contributed by atoms with Gasteiger partial charge in [-0.2, -0.15) is 0 Å². The van der Waals surface area contributed by atoms with Crippen LogP contribution >= 0.6 is 24.0 Å². The topological polar surface area (TPSA) is 54.2 Å². The Labute approximate surface area is 156 Å². The Bertz CT molecular complexity index is 633. The lowest BCUT2D eigenvalue weighted by Gasteiger charge is -2.12. The first-order valence-corrected chi connectivity index (χ1v) is 8.04. The number of benzene rings is 1. The number of aryl methyl sites for hydroxylation is 1. The van der Waals surface area contributed by atoms with Crippen molar-refractivity contribution >= 4 is 41.0 Å². The Morgan fingerprint density at radius 1 is 1.26 bits per heavy atom. The molecule has 6 heteroatoms. The molecule has 0 aliphatic heterocycles. The summed E-state index contributed by atoms with van der Waals surface area (Å²) in [5.74, 6) is 2.52. The molecule has 23 heavy (non-hydrogen) atoms. The average molecular weight is 429 g/mol. The fourth-order valence-corrected chi connectivity index (χ4v) is 2.31. The molecular weight excluding hydrogens is 401 g/mol. The third-order valence-corrected chi connectivity index (χ3v) is 3.62. The molecule has 128 valence electrons. The highest BCUT2D eigenvalue weighted by molar-refractivity contribution is 14.0. The molecule has 0 spiro atoms. The average Bonchev–Trinajstić information content (AvgIpc) is 2.81. The van der Waals surface area contributed by atoms with E-state index in [-0.39, 0.29) is 24.0 Å². The van der Waals surface area contributed by atoms with E-state index in [2.05, 4.69) is 52.0 Å². The summed E-state index contributed by atoms with van der Waals surface area (Å²) in [6, 6.07) is 8.17. The van der Waals surface area contributed by atoms with E-state index in [0.29, 0.717) is 12.5 Å². The molecule has 2 aromatic rings. The van der Waals surface area contributed by atoms with Crippen molar-refractivity contribution in [2.24, 2.45) is 18.0 Å². The summed E-state index contributed by atoms with van der Waals surface area (Å²) in [4.78, 5) is 9.30. The zero-order valence-corrected chi connectivity index (χ0v) is 16.8. The minimum Gasteiger partial charge on any atom is -0.357 e. The zero-order chi connectivity index (χ0) is 15.9. The van der Waals surface area contributed by atoms with Gasteiger partial charge in [0.05, 0.1) is 11.0 Å².